The average Bonchev–Trinajstić information content (AvgIpc) is 3.53. The molecular formula is C22H24ClN5O2. The second kappa shape index (κ2) is 7.87. The van der Waals surface area contributed by atoms with Crippen molar-refractivity contribution in [1.29, 1.82) is 0 Å². The van der Waals surface area contributed by atoms with Crippen molar-refractivity contribution in [1.82, 2.24) is 24.5 Å². The van der Waals surface area contributed by atoms with Crippen LogP contribution < -0.4 is 5.56 Å². The topological polar surface area (TPSA) is 73.0 Å². The standard InChI is InChI=1S/C22H24ClN5O2/c23-16-6-5-7-17(12-16)28-21-18(13-24-28)20(15-8-9-15)25-27(22(21)30)14-19(29)26-10-3-1-2-4-11-26/h5-7,12-13,15H,1-4,8-11,14H2. The van der Waals surface area contributed by atoms with E-state index >= 15 is 0 Å². The van der Waals surface area contributed by atoms with Gasteiger partial charge in [0.15, 0.2) is 0 Å². The molecule has 1 amide bonds. The van der Waals surface area contributed by atoms with Gasteiger partial charge in [0, 0.05) is 29.4 Å². The summed E-state index contributed by atoms with van der Waals surface area (Å²) >= 11 is 6.16. The number of carbonyl (C=O) groups is 1. The zero-order valence-electron chi connectivity index (χ0n) is 16.8. The van der Waals surface area contributed by atoms with Crippen molar-refractivity contribution in [3.63, 3.8) is 0 Å². The molecule has 5 rings (SSSR count). The molecule has 156 valence electrons. The van der Waals surface area contributed by atoms with E-state index in [9.17, 15) is 9.59 Å². The fourth-order valence-electron chi connectivity index (χ4n) is 4.21. The fraction of sp³-hybridized carbons (Fsp3) is 0.455. The molecule has 1 saturated carbocycles. The first-order chi connectivity index (χ1) is 14.6. The molecule has 0 N–H and O–H groups in total. The van der Waals surface area contributed by atoms with Gasteiger partial charge < -0.3 is 4.90 Å². The number of hydrogen-bond donors (Lipinski definition) is 0. The van der Waals surface area contributed by atoms with Crippen LogP contribution in [0.1, 0.15) is 50.1 Å². The van der Waals surface area contributed by atoms with Crippen molar-refractivity contribution < 1.29 is 4.79 Å². The van der Waals surface area contributed by atoms with Gasteiger partial charge in [0.1, 0.15) is 12.1 Å². The highest BCUT2D eigenvalue weighted by Crippen LogP contribution is 2.41. The number of rotatable bonds is 4. The van der Waals surface area contributed by atoms with E-state index in [2.05, 4.69) is 10.2 Å². The van der Waals surface area contributed by atoms with Crippen LogP contribution in [-0.4, -0.2) is 43.5 Å². The number of halogens is 1. The number of hydrogen-bond acceptors (Lipinski definition) is 4. The van der Waals surface area contributed by atoms with Crippen molar-refractivity contribution in [2.24, 2.45) is 0 Å². The summed E-state index contributed by atoms with van der Waals surface area (Å²) in [6, 6.07) is 7.25. The summed E-state index contributed by atoms with van der Waals surface area (Å²) in [7, 11) is 0. The summed E-state index contributed by atoms with van der Waals surface area (Å²) < 4.78 is 2.95. The molecule has 2 aliphatic rings. The van der Waals surface area contributed by atoms with E-state index in [1.54, 1.807) is 23.0 Å². The van der Waals surface area contributed by atoms with Gasteiger partial charge in [-0.05, 0) is 43.9 Å². The number of amides is 1. The molecule has 1 aliphatic heterocycles. The summed E-state index contributed by atoms with van der Waals surface area (Å²) in [6.07, 6.45) is 8.13. The quantitative estimate of drug-likeness (QED) is 0.641. The molecule has 1 aliphatic carbocycles. The van der Waals surface area contributed by atoms with E-state index in [-0.39, 0.29) is 18.0 Å². The van der Waals surface area contributed by atoms with E-state index in [1.807, 2.05) is 17.0 Å². The van der Waals surface area contributed by atoms with Crippen LogP contribution in [0.15, 0.2) is 35.3 Å². The first-order valence-electron chi connectivity index (χ1n) is 10.6. The van der Waals surface area contributed by atoms with E-state index in [4.69, 9.17) is 11.6 Å². The molecule has 1 saturated heterocycles. The lowest BCUT2D eigenvalue weighted by atomic mass is 10.2. The molecule has 8 heteroatoms. The molecule has 0 radical (unpaired) electrons. The second-order valence-electron chi connectivity index (χ2n) is 8.22. The highest BCUT2D eigenvalue weighted by atomic mass is 35.5. The Morgan fingerprint density at radius 3 is 2.60 bits per heavy atom. The Hall–Kier alpha value is -2.67. The molecule has 30 heavy (non-hydrogen) atoms. The minimum absolute atomic E-state index is 0.0325. The Bertz CT molecular complexity index is 1160. The molecule has 2 fully saturated rings. The van der Waals surface area contributed by atoms with Crippen molar-refractivity contribution in [3.05, 3.63) is 51.5 Å². The van der Waals surface area contributed by atoms with Crippen LogP contribution in [0.5, 0.6) is 0 Å². The number of nitrogens with zero attached hydrogens (tertiary/aromatic N) is 5. The molecule has 3 aromatic rings. The van der Waals surface area contributed by atoms with Gasteiger partial charge >= 0.3 is 0 Å². The third-order valence-electron chi connectivity index (χ3n) is 5.97. The largest absolute Gasteiger partial charge is 0.341 e. The van der Waals surface area contributed by atoms with E-state index in [0.29, 0.717) is 22.1 Å². The Morgan fingerprint density at radius 1 is 1.13 bits per heavy atom. The molecule has 2 aromatic heterocycles. The molecule has 0 atom stereocenters. The van der Waals surface area contributed by atoms with Crippen LogP contribution in [0.3, 0.4) is 0 Å². The van der Waals surface area contributed by atoms with E-state index in [0.717, 1.165) is 62.7 Å². The van der Waals surface area contributed by atoms with Crippen molar-refractivity contribution in [2.45, 2.75) is 51.0 Å². The van der Waals surface area contributed by atoms with Crippen LogP contribution in [-0.2, 0) is 11.3 Å². The Kier molecular flexibility index (Phi) is 5.06. The lowest BCUT2D eigenvalue weighted by molar-refractivity contribution is -0.132. The minimum Gasteiger partial charge on any atom is -0.341 e. The molecule has 7 nitrogen and oxygen atoms in total. The van der Waals surface area contributed by atoms with Crippen molar-refractivity contribution in [3.8, 4) is 5.69 Å². The highest BCUT2D eigenvalue weighted by Gasteiger charge is 2.31. The van der Waals surface area contributed by atoms with Gasteiger partial charge in [-0.15, -0.1) is 0 Å². The molecular weight excluding hydrogens is 402 g/mol. The lowest BCUT2D eigenvalue weighted by Crippen LogP contribution is -2.38. The lowest BCUT2D eigenvalue weighted by Gasteiger charge is -2.20. The SMILES string of the molecule is O=C(Cn1nc(C2CC2)c2cnn(-c3cccc(Cl)c3)c2c1=O)N1CCCCCC1. The average molecular weight is 426 g/mol. The Labute approximate surface area is 179 Å². The molecule has 0 bridgehead atoms. The number of fused-ring (bicyclic) bond motifs is 1. The molecule has 0 unspecified atom stereocenters. The second-order valence-corrected chi connectivity index (χ2v) is 8.65. The maximum atomic E-state index is 13.4. The smallest absolute Gasteiger partial charge is 0.293 e. The summed E-state index contributed by atoms with van der Waals surface area (Å²) in [6.45, 7) is 1.48. The first-order valence-corrected chi connectivity index (χ1v) is 11.0. The van der Waals surface area contributed by atoms with Gasteiger partial charge in [0.05, 0.1) is 17.6 Å². The number of likely N-dealkylation sites (tertiary alicyclic amines) is 1. The molecule has 0 spiro atoms. The Balaban J connectivity index is 1.58. The highest BCUT2D eigenvalue weighted by molar-refractivity contribution is 6.30. The van der Waals surface area contributed by atoms with Gasteiger partial charge in [-0.1, -0.05) is 30.5 Å². The van der Waals surface area contributed by atoms with Crippen LogP contribution >= 0.6 is 11.6 Å². The van der Waals surface area contributed by atoms with Crippen LogP contribution in [0.25, 0.3) is 16.6 Å². The van der Waals surface area contributed by atoms with Gasteiger partial charge in [-0.3, -0.25) is 9.59 Å². The number of carbonyl (C=O) groups excluding carboxylic acids is 1. The van der Waals surface area contributed by atoms with E-state index < -0.39 is 0 Å². The summed E-state index contributed by atoms with van der Waals surface area (Å²) in [5.74, 6) is 0.283. The number of aromatic nitrogens is 4. The van der Waals surface area contributed by atoms with Gasteiger partial charge in [-0.2, -0.15) is 10.2 Å². The first kappa shape index (κ1) is 19.3. The fourth-order valence-corrected chi connectivity index (χ4v) is 4.40. The van der Waals surface area contributed by atoms with Crippen LogP contribution in [0.4, 0.5) is 0 Å². The van der Waals surface area contributed by atoms with Crippen LogP contribution in [0, 0.1) is 0 Å². The van der Waals surface area contributed by atoms with Crippen molar-refractivity contribution >= 4 is 28.4 Å². The zero-order valence-corrected chi connectivity index (χ0v) is 17.5. The molecule has 1 aromatic carbocycles. The maximum absolute atomic E-state index is 13.4. The van der Waals surface area contributed by atoms with Gasteiger partial charge in [-0.25, -0.2) is 9.36 Å². The summed E-state index contributed by atoms with van der Waals surface area (Å²) in [4.78, 5) is 28.2. The van der Waals surface area contributed by atoms with Crippen LogP contribution in [0.2, 0.25) is 5.02 Å². The third-order valence-corrected chi connectivity index (χ3v) is 6.21. The maximum Gasteiger partial charge on any atom is 0.293 e. The van der Waals surface area contributed by atoms with Gasteiger partial charge in [0.2, 0.25) is 5.91 Å². The predicted octanol–water partition coefficient (Wildman–Crippen LogP) is 3.52. The third kappa shape index (κ3) is 3.62. The monoisotopic (exact) mass is 425 g/mol. The summed E-state index contributed by atoms with van der Waals surface area (Å²) in [5.41, 5.74) is 1.74. The summed E-state index contributed by atoms with van der Waals surface area (Å²) in [5, 5.41) is 10.4. The molecule has 3 heterocycles. The number of benzene rings is 1. The van der Waals surface area contributed by atoms with Crippen molar-refractivity contribution in [2.75, 3.05) is 13.1 Å². The Morgan fingerprint density at radius 2 is 1.90 bits per heavy atom. The minimum atomic E-state index is -0.296. The van der Waals surface area contributed by atoms with E-state index in [1.165, 1.54) is 4.68 Å². The normalized spacial score (nSPS) is 17.3. The van der Waals surface area contributed by atoms with Gasteiger partial charge in [0.25, 0.3) is 5.56 Å². The zero-order chi connectivity index (χ0) is 20.7. The predicted molar refractivity (Wildman–Crippen MR) is 115 cm³/mol.